The summed E-state index contributed by atoms with van der Waals surface area (Å²) in [6, 6.07) is 20.0. The normalized spacial score (nSPS) is 15.0. The summed E-state index contributed by atoms with van der Waals surface area (Å²) in [5, 5.41) is 2.95. The van der Waals surface area contributed by atoms with Crippen LogP contribution in [0, 0.1) is 0 Å². The lowest BCUT2D eigenvalue weighted by atomic mass is 9.95. The first-order chi connectivity index (χ1) is 18.3. The Morgan fingerprint density at radius 1 is 0.947 bits per heavy atom. The molecule has 0 spiro atoms. The molecule has 1 aliphatic heterocycles. The number of benzene rings is 2. The van der Waals surface area contributed by atoms with E-state index >= 15 is 0 Å². The lowest BCUT2D eigenvalue weighted by Gasteiger charge is -2.38. The summed E-state index contributed by atoms with van der Waals surface area (Å²) < 4.78 is 7.46. The predicted molar refractivity (Wildman–Crippen MR) is 152 cm³/mol. The topological polar surface area (TPSA) is 66.8 Å². The molecular formula is C31H40N4O3. The van der Waals surface area contributed by atoms with Crippen LogP contribution >= 0.6 is 0 Å². The van der Waals surface area contributed by atoms with E-state index in [4.69, 9.17) is 4.74 Å². The Hall–Kier alpha value is -3.58. The minimum Gasteiger partial charge on any atom is -0.383 e. The number of rotatable bonds is 9. The fraction of sp³-hybridized carbons (Fsp3) is 0.419. The van der Waals surface area contributed by atoms with Gasteiger partial charge in [-0.1, -0.05) is 64.1 Å². The Balaban J connectivity index is 1.54. The second-order valence-corrected chi connectivity index (χ2v) is 10.6. The van der Waals surface area contributed by atoms with E-state index in [1.165, 1.54) is 16.0 Å². The van der Waals surface area contributed by atoms with Crippen LogP contribution in [0.25, 0.3) is 0 Å². The number of urea groups is 1. The number of aromatic nitrogens is 1. The average Bonchev–Trinajstić information content (AvgIpc) is 3.39. The van der Waals surface area contributed by atoms with Gasteiger partial charge in [-0.15, -0.1) is 0 Å². The van der Waals surface area contributed by atoms with Crippen LogP contribution in [0.1, 0.15) is 68.0 Å². The van der Waals surface area contributed by atoms with E-state index in [1.807, 2.05) is 35.2 Å². The molecule has 2 aromatic carbocycles. The first-order valence-electron chi connectivity index (χ1n) is 13.5. The van der Waals surface area contributed by atoms with Crippen LogP contribution in [0.3, 0.4) is 0 Å². The van der Waals surface area contributed by atoms with Gasteiger partial charge in [-0.05, 0) is 52.8 Å². The van der Waals surface area contributed by atoms with Crippen molar-refractivity contribution in [3.8, 4) is 0 Å². The van der Waals surface area contributed by atoms with Gasteiger partial charge >= 0.3 is 6.03 Å². The summed E-state index contributed by atoms with van der Waals surface area (Å²) in [4.78, 5) is 30.5. The molecule has 7 heteroatoms. The fourth-order valence-corrected chi connectivity index (χ4v) is 4.93. The summed E-state index contributed by atoms with van der Waals surface area (Å²) in [5.74, 6) is 0.763. The van der Waals surface area contributed by atoms with E-state index in [1.54, 1.807) is 7.11 Å². The van der Waals surface area contributed by atoms with E-state index in [-0.39, 0.29) is 24.5 Å². The van der Waals surface area contributed by atoms with Gasteiger partial charge in [-0.3, -0.25) is 4.79 Å². The van der Waals surface area contributed by atoms with Crippen molar-refractivity contribution in [1.29, 1.82) is 0 Å². The van der Waals surface area contributed by atoms with Gasteiger partial charge in [0, 0.05) is 44.3 Å². The van der Waals surface area contributed by atoms with Crippen LogP contribution in [0.2, 0.25) is 0 Å². The molecule has 1 unspecified atom stereocenters. The third-order valence-electron chi connectivity index (χ3n) is 7.28. The van der Waals surface area contributed by atoms with Gasteiger partial charge in [-0.25, -0.2) is 4.79 Å². The number of carbonyl (C=O) groups excluding carboxylic acids is 2. The molecule has 1 aromatic heterocycles. The molecule has 0 bridgehead atoms. The van der Waals surface area contributed by atoms with Gasteiger partial charge in [0.25, 0.3) is 0 Å². The zero-order valence-corrected chi connectivity index (χ0v) is 23.2. The molecule has 2 heterocycles. The summed E-state index contributed by atoms with van der Waals surface area (Å²) in [5.41, 5.74) is 5.33. The molecule has 1 N–H and O–H groups in total. The number of methoxy groups -OCH3 is 1. The number of hydrogen-bond acceptors (Lipinski definition) is 3. The monoisotopic (exact) mass is 516 g/mol. The predicted octanol–water partition coefficient (Wildman–Crippen LogP) is 5.85. The molecule has 0 saturated heterocycles. The minimum absolute atomic E-state index is 0.0272. The van der Waals surface area contributed by atoms with E-state index in [0.717, 1.165) is 17.8 Å². The summed E-state index contributed by atoms with van der Waals surface area (Å²) in [7, 11) is 1.60. The highest BCUT2D eigenvalue weighted by Crippen LogP contribution is 2.33. The lowest BCUT2D eigenvalue weighted by molar-refractivity contribution is -0.134. The van der Waals surface area contributed by atoms with Gasteiger partial charge in [0.1, 0.15) is 6.54 Å². The Bertz CT molecular complexity index is 1210. The number of nitrogens with zero attached hydrogens (tertiary/aromatic N) is 3. The van der Waals surface area contributed by atoms with Crippen LogP contribution in [0.4, 0.5) is 10.5 Å². The van der Waals surface area contributed by atoms with Crippen LogP contribution in [0.15, 0.2) is 66.9 Å². The Morgan fingerprint density at radius 2 is 1.58 bits per heavy atom. The maximum Gasteiger partial charge on any atom is 0.322 e. The first kappa shape index (κ1) is 27.5. The average molecular weight is 517 g/mol. The molecular weight excluding hydrogens is 476 g/mol. The van der Waals surface area contributed by atoms with Gasteiger partial charge < -0.3 is 24.4 Å². The standard InChI is InChI=1S/C31H40N4O3/c1-22(2)24-8-10-26(11-9-24)30-28-7-6-16-33(28)17-18-35(30)29(36)21-34(19-20-38-5)31(37)32-27-14-12-25(13-15-27)23(3)4/h6-16,22-23,30H,17-21H2,1-5H3,(H,32,37). The fourth-order valence-electron chi connectivity index (χ4n) is 4.93. The van der Waals surface area contributed by atoms with Crippen LogP contribution < -0.4 is 5.32 Å². The van der Waals surface area contributed by atoms with E-state index in [2.05, 4.69) is 74.1 Å². The quantitative estimate of drug-likeness (QED) is 0.388. The Kier molecular flexibility index (Phi) is 8.89. The molecule has 3 aromatic rings. The van der Waals surface area contributed by atoms with E-state index in [9.17, 15) is 9.59 Å². The van der Waals surface area contributed by atoms with Gasteiger partial charge in [0.15, 0.2) is 0 Å². The minimum atomic E-state index is -0.314. The molecule has 202 valence electrons. The number of fused-ring (bicyclic) bond motifs is 1. The zero-order chi connectivity index (χ0) is 27.2. The molecule has 38 heavy (non-hydrogen) atoms. The molecule has 1 aliphatic rings. The lowest BCUT2D eigenvalue weighted by Crippen LogP contribution is -2.49. The van der Waals surface area contributed by atoms with Gasteiger partial charge in [0.2, 0.25) is 5.91 Å². The third kappa shape index (κ3) is 6.27. The number of carbonyl (C=O) groups is 2. The number of ether oxygens (including phenoxy) is 1. The van der Waals surface area contributed by atoms with Gasteiger partial charge in [-0.2, -0.15) is 0 Å². The third-order valence-corrected chi connectivity index (χ3v) is 7.28. The highest BCUT2D eigenvalue weighted by Gasteiger charge is 2.33. The van der Waals surface area contributed by atoms with Crippen molar-refractivity contribution < 1.29 is 14.3 Å². The maximum absolute atomic E-state index is 13.8. The maximum atomic E-state index is 13.8. The molecule has 3 amide bonds. The van der Waals surface area contributed by atoms with Crippen molar-refractivity contribution in [2.45, 2.75) is 52.1 Å². The molecule has 0 aliphatic carbocycles. The Labute approximate surface area is 226 Å². The summed E-state index contributed by atoms with van der Waals surface area (Å²) >= 11 is 0. The van der Waals surface area contributed by atoms with Crippen LogP contribution in [-0.4, -0.2) is 59.7 Å². The second kappa shape index (κ2) is 12.3. The van der Waals surface area contributed by atoms with Crippen molar-refractivity contribution in [2.24, 2.45) is 0 Å². The largest absolute Gasteiger partial charge is 0.383 e. The summed E-state index contributed by atoms with van der Waals surface area (Å²) in [6.45, 7) is 10.6. The highest BCUT2D eigenvalue weighted by atomic mass is 16.5. The van der Waals surface area contributed by atoms with E-state index < -0.39 is 0 Å². The number of amides is 3. The number of hydrogen-bond donors (Lipinski definition) is 1. The molecule has 0 radical (unpaired) electrons. The van der Waals surface area contributed by atoms with E-state index in [0.29, 0.717) is 37.2 Å². The highest BCUT2D eigenvalue weighted by molar-refractivity contribution is 5.92. The zero-order valence-electron chi connectivity index (χ0n) is 23.2. The molecule has 7 nitrogen and oxygen atoms in total. The Morgan fingerprint density at radius 3 is 2.18 bits per heavy atom. The van der Waals surface area contributed by atoms with Crippen molar-refractivity contribution in [2.75, 3.05) is 38.7 Å². The van der Waals surface area contributed by atoms with Crippen molar-refractivity contribution in [3.63, 3.8) is 0 Å². The van der Waals surface area contributed by atoms with Crippen LogP contribution in [0.5, 0.6) is 0 Å². The molecule has 4 rings (SSSR count). The van der Waals surface area contributed by atoms with Crippen molar-refractivity contribution in [1.82, 2.24) is 14.4 Å². The second-order valence-electron chi connectivity index (χ2n) is 10.6. The van der Waals surface area contributed by atoms with Crippen molar-refractivity contribution in [3.05, 3.63) is 89.2 Å². The van der Waals surface area contributed by atoms with Crippen LogP contribution in [-0.2, 0) is 16.1 Å². The van der Waals surface area contributed by atoms with Crippen molar-refractivity contribution >= 4 is 17.6 Å². The molecule has 1 atom stereocenters. The molecule has 0 saturated carbocycles. The smallest absolute Gasteiger partial charge is 0.322 e. The SMILES string of the molecule is COCCN(CC(=O)N1CCn2cccc2C1c1ccc(C(C)C)cc1)C(=O)Nc1ccc(C(C)C)cc1. The number of nitrogens with one attached hydrogen (secondary N) is 1. The molecule has 0 fully saturated rings. The number of anilines is 1. The summed E-state index contributed by atoms with van der Waals surface area (Å²) in [6.07, 6.45) is 2.07. The van der Waals surface area contributed by atoms with Gasteiger partial charge in [0.05, 0.1) is 12.6 Å². The first-order valence-corrected chi connectivity index (χ1v) is 13.5.